The molecule has 1 saturated heterocycles. The first-order valence-electron chi connectivity index (χ1n) is 8.46. The van der Waals surface area contributed by atoms with E-state index in [9.17, 15) is 18.3 Å². The molecule has 0 bridgehead atoms. The zero-order valence-corrected chi connectivity index (χ0v) is 15.8. The second-order valence-electron chi connectivity index (χ2n) is 6.49. The molecule has 144 valence electrons. The molecule has 7 nitrogen and oxygen atoms in total. The fourth-order valence-corrected chi connectivity index (χ4v) is 4.62. The molecule has 1 aliphatic heterocycles. The molecule has 0 spiro atoms. The summed E-state index contributed by atoms with van der Waals surface area (Å²) in [6.07, 6.45) is 0. The predicted molar refractivity (Wildman–Crippen MR) is 98.6 cm³/mol. The Morgan fingerprint density at radius 2 is 1.52 bits per heavy atom. The van der Waals surface area contributed by atoms with Crippen LogP contribution >= 0.6 is 0 Å². The fraction of sp³-hybridized carbons (Fsp3) is 0.316. The van der Waals surface area contributed by atoms with Gasteiger partial charge in [-0.15, -0.1) is 0 Å². The van der Waals surface area contributed by atoms with E-state index >= 15 is 0 Å². The highest BCUT2D eigenvalue weighted by Crippen LogP contribution is 2.30. The summed E-state index contributed by atoms with van der Waals surface area (Å²) in [7, 11) is -2.16. The Morgan fingerprint density at radius 3 is 2.00 bits per heavy atom. The van der Waals surface area contributed by atoms with Crippen LogP contribution in [0, 0.1) is 11.8 Å². The van der Waals surface area contributed by atoms with E-state index in [0.717, 1.165) is 0 Å². The number of nitrogens with zero attached hydrogens (tertiary/aromatic N) is 1. The second-order valence-corrected chi connectivity index (χ2v) is 8.43. The van der Waals surface area contributed by atoms with Gasteiger partial charge < -0.3 is 14.6 Å². The third-order valence-corrected chi connectivity index (χ3v) is 6.50. The van der Waals surface area contributed by atoms with Crippen LogP contribution in [0.3, 0.4) is 0 Å². The topological polar surface area (TPSA) is 93.1 Å². The largest absolute Gasteiger partial charge is 0.497 e. The Hall–Kier alpha value is -2.58. The number of sulfonamides is 1. The molecule has 1 fully saturated rings. The van der Waals surface area contributed by atoms with Crippen molar-refractivity contribution in [3.63, 3.8) is 0 Å². The van der Waals surface area contributed by atoms with Crippen LogP contribution in [0.2, 0.25) is 0 Å². The molecule has 0 aromatic heterocycles. The third-order valence-electron chi connectivity index (χ3n) is 4.65. The van der Waals surface area contributed by atoms with Gasteiger partial charge in [-0.05, 0) is 54.4 Å². The van der Waals surface area contributed by atoms with E-state index in [4.69, 9.17) is 9.47 Å². The van der Waals surface area contributed by atoms with Crippen LogP contribution in [0.25, 0.3) is 0 Å². The van der Waals surface area contributed by atoms with Gasteiger partial charge in [0.2, 0.25) is 10.0 Å². The highest BCUT2D eigenvalue weighted by molar-refractivity contribution is 7.89. The molecule has 3 rings (SSSR count). The van der Waals surface area contributed by atoms with Crippen LogP contribution in [-0.4, -0.2) is 44.0 Å². The number of ether oxygens (including phenoxy) is 2. The van der Waals surface area contributed by atoms with Crippen molar-refractivity contribution < 1.29 is 27.8 Å². The first kappa shape index (κ1) is 19.2. The number of rotatable bonds is 6. The number of hydrogen-bond acceptors (Lipinski definition) is 5. The summed E-state index contributed by atoms with van der Waals surface area (Å²) in [6.45, 7) is 1.94. The van der Waals surface area contributed by atoms with Crippen molar-refractivity contribution in [3.8, 4) is 17.2 Å². The zero-order chi connectivity index (χ0) is 19.6. The Labute approximate surface area is 158 Å². The van der Waals surface area contributed by atoms with Crippen molar-refractivity contribution in [2.45, 2.75) is 11.8 Å². The van der Waals surface area contributed by atoms with Crippen molar-refractivity contribution in [1.29, 1.82) is 0 Å². The third kappa shape index (κ3) is 4.06. The lowest BCUT2D eigenvalue weighted by Crippen LogP contribution is -2.30. The second kappa shape index (κ2) is 7.58. The first-order chi connectivity index (χ1) is 12.8. The highest BCUT2D eigenvalue weighted by Gasteiger charge is 2.40. The summed E-state index contributed by atoms with van der Waals surface area (Å²) in [5.41, 5.74) is 0. The van der Waals surface area contributed by atoms with Gasteiger partial charge >= 0.3 is 5.97 Å². The lowest BCUT2D eigenvalue weighted by Gasteiger charge is -2.16. The van der Waals surface area contributed by atoms with Crippen LogP contribution < -0.4 is 9.47 Å². The van der Waals surface area contributed by atoms with Crippen LogP contribution in [0.4, 0.5) is 0 Å². The minimum absolute atomic E-state index is 0.0110. The SMILES string of the molecule is COc1ccc(Oc2ccc(S(=O)(=O)N3C[C@@H](C)[C@H](C(=O)O)C3)cc2)cc1. The number of carboxylic acids is 1. The van der Waals surface area contributed by atoms with Gasteiger partial charge in [0.1, 0.15) is 17.2 Å². The van der Waals surface area contributed by atoms with E-state index in [2.05, 4.69) is 0 Å². The van der Waals surface area contributed by atoms with Gasteiger partial charge in [-0.1, -0.05) is 6.92 Å². The monoisotopic (exact) mass is 391 g/mol. The number of hydrogen-bond donors (Lipinski definition) is 1. The van der Waals surface area contributed by atoms with Gasteiger partial charge in [-0.3, -0.25) is 4.79 Å². The van der Waals surface area contributed by atoms with Crippen LogP contribution in [0.5, 0.6) is 17.2 Å². The summed E-state index contributed by atoms with van der Waals surface area (Å²) in [5, 5.41) is 9.20. The Kier molecular flexibility index (Phi) is 5.38. The maximum atomic E-state index is 12.8. The van der Waals surface area contributed by atoms with E-state index in [0.29, 0.717) is 17.2 Å². The average Bonchev–Trinajstić information content (AvgIpc) is 3.06. The molecule has 2 atom stereocenters. The van der Waals surface area contributed by atoms with Gasteiger partial charge in [-0.25, -0.2) is 8.42 Å². The lowest BCUT2D eigenvalue weighted by atomic mass is 9.99. The molecule has 8 heteroatoms. The lowest BCUT2D eigenvalue weighted by molar-refractivity contribution is -0.142. The van der Waals surface area contributed by atoms with E-state index in [1.807, 2.05) is 0 Å². The quantitative estimate of drug-likeness (QED) is 0.814. The number of carbonyl (C=O) groups is 1. The number of aliphatic carboxylic acids is 1. The van der Waals surface area contributed by atoms with Gasteiger partial charge in [-0.2, -0.15) is 4.31 Å². The molecule has 0 aliphatic carbocycles. The maximum absolute atomic E-state index is 12.8. The molecular weight excluding hydrogens is 370 g/mol. The first-order valence-corrected chi connectivity index (χ1v) is 9.90. The van der Waals surface area contributed by atoms with Crippen LogP contribution in [0.15, 0.2) is 53.4 Å². The minimum Gasteiger partial charge on any atom is -0.497 e. The van der Waals surface area contributed by atoms with Crippen LogP contribution in [0.1, 0.15) is 6.92 Å². The molecule has 0 amide bonds. The molecule has 0 unspecified atom stereocenters. The van der Waals surface area contributed by atoms with Crippen molar-refractivity contribution >= 4 is 16.0 Å². The summed E-state index contributed by atoms with van der Waals surface area (Å²) >= 11 is 0. The summed E-state index contributed by atoms with van der Waals surface area (Å²) in [4.78, 5) is 11.3. The van der Waals surface area contributed by atoms with Crippen molar-refractivity contribution in [2.24, 2.45) is 11.8 Å². The van der Waals surface area contributed by atoms with E-state index < -0.39 is 21.9 Å². The summed E-state index contributed by atoms with van der Waals surface area (Å²) in [6, 6.07) is 13.1. The smallest absolute Gasteiger partial charge is 0.308 e. The zero-order valence-electron chi connectivity index (χ0n) is 15.0. The van der Waals surface area contributed by atoms with Gasteiger partial charge in [0.25, 0.3) is 0 Å². The van der Waals surface area contributed by atoms with E-state index in [1.165, 1.54) is 16.4 Å². The van der Waals surface area contributed by atoms with Crippen molar-refractivity contribution in [2.75, 3.05) is 20.2 Å². The van der Waals surface area contributed by atoms with Crippen molar-refractivity contribution in [1.82, 2.24) is 4.31 Å². The van der Waals surface area contributed by atoms with E-state index in [1.54, 1.807) is 50.4 Å². The number of carboxylic acid groups (broad SMARTS) is 1. The molecule has 0 saturated carbocycles. The van der Waals surface area contributed by atoms with E-state index in [-0.39, 0.29) is 23.9 Å². The van der Waals surface area contributed by atoms with Crippen LogP contribution in [-0.2, 0) is 14.8 Å². The molecular formula is C19H21NO6S. The normalized spacial score (nSPS) is 20.4. The predicted octanol–water partition coefficient (Wildman–Crippen LogP) is 2.83. The molecule has 0 radical (unpaired) electrons. The molecule has 1 heterocycles. The molecule has 1 N–H and O–H groups in total. The van der Waals surface area contributed by atoms with Gasteiger partial charge in [0.15, 0.2) is 0 Å². The average molecular weight is 391 g/mol. The molecule has 2 aromatic rings. The fourth-order valence-electron chi connectivity index (χ4n) is 3.05. The Balaban J connectivity index is 1.73. The maximum Gasteiger partial charge on any atom is 0.308 e. The number of benzene rings is 2. The number of methoxy groups -OCH3 is 1. The van der Waals surface area contributed by atoms with Crippen molar-refractivity contribution in [3.05, 3.63) is 48.5 Å². The van der Waals surface area contributed by atoms with Gasteiger partial charge in [0, 0.05) is 13.1 Å². The minimum atomic E-state index is -3.74. The van der Waals surface area contributed by atoms with Gasteiger partial charge in [0.05, 0.1) is 17.9 Å². The Bertz CT molecular complexity index is 908. The summed E-state index contributed by atoms with van der Waals surface area (Å²) in [5.74, 6) is -0.0689. The standard InChI is InChI=1S/C19H21NO6S/c1-13-11-20(12-18(13)19(21)22)27(23,24)17-9-7-16(8-10-17)26-15-5-3-14(25-2)4-6-15/h3-10,13,18H,11-12H2,1-2H3,(H,21,22)/t13-,18-/m1/s1. The highest BCUT2D eigenvalue weighted by atomic mass is 32.2. The Morgan fingerprint density at radius 1 is 1.00 bits per heavy atom. The molecule has 2 aromatic carbocycles. The summed E-state index contributed by atoms with van der Waals surface area (Å²) < 4.78 is 37.5. The molecule has 27 heavy (non-hydrogen) atoms. The molecule has 1 aliphatic rings.